The Kier molecular flexibility index (Phi) is 5.09. The number of amides is 2. The monoisotopic (exact) mass is 356 g/mol. The maximum atomic E-state index is 12.5. The summed E-state index contributed by atoms with van der Waals surface area (Å²) >= 11 is 5.96. The fourth-order valence-corrected chi connectivity index (χ4v) is 3.05. The highest BCUT2D eigenvalue weighted by molar-refractivity contribution is 6.30. The van der Waals surface area contributed by atoms with Gasteiger partial charge < -0.3 is 10.6 Å². The summed E-state index contributed by atoms with van der Waals surface area (Å²) < 4.78 is 0. The summed E-state index contributed by atoms with van der Waals surface area (Å²) in [5, 5.41) is 6.43. The molecule has 5 heteroatoms. The Morgan fingerprint density at radius 1 is 1.08 bits per heavy atom. The molecule has 3 rings (SSSR count). The molecule has 0 aliphatic heterocycles. The maximum absolute atomic E-state index is 12.5. The van der Waals surface area contributed by atoms with Crippen molar-refractivity contribution in [1.29, 1.82) is 0 Å². The molecule has 2 N–H and O–H groups in total. The molecule has 0 bridgehead atoms. The molecule has 0 heterocycles. The van der Waals surface area contributed by atoms with Gasteiger partial charge in [-0.15, -0.1) is 0 Å². The number of carbonyl (C=O) groups is 2. The summed E-state index contributed by atoms with van der Waals surface area (Å²) in [6.07, 6.45) is 1.86. The summed E-state index contributed by atoms with van der Waals surface area (Å²) in [6.45, 7) is 2.45. The first-order valence-electron chi connectivity index (χ1n) is 8.40. The molecule has 1 aliphatic rings. The van der Waals surface area contributed by atoms with Crippen LogP contribution in [0.5, 0.6) is 0 Å². The number of hydrogen-bond acceptors (Lipinski definition) is 2. The number of carbonyl (C=O) groups excluding carboxylic acids is 2. The van der Waals surface area contributed by atoms with Gasteiger partial charge in [0.15, 0.2) is 0 Å². The van der Waals surface area contributed by atoms with Crippen molar-refractivity contribution in [2.75, 3.05) is 11.9 Å². The van der Waals surface area contributed by atoms with Gasteiger partial charge in [-0.3, -0.25) is 9.59 Å². The Labute approximate surface area is 152 Å². The molecule has 2 amide bonds. The van der Waals surface area contributed by atoms with Crippen LogP contribution in [0, 0.1) is 12.3 Å². The van der Waals surface area contributed by atoms with Gasteiger partial charge in [-0.25, -0.2) is 0 Å². The van der Waals surface area contributed by atoms with Crippen LogP contribution in [0.25, 0.3) is 0 Å². The second-order valence-electron chi connectivity index (χ2n) is 6.54. The second kappa shape index (κ2) is 7.28. The first-order valence-corrected chi connectivity index (χ1v) is 8.78. The molecule has 1 aliphatic carbocycles. The van der Waals surface area contributed by atoms with Gasteiger partial charge >= 0.3 is 0 Å². The number of aryl methyl sites for hydroxylation is 1. The molecular weight excluding hydrogens is 336 g/mol. The number of rotatable bonds is 6. The summed E-state index contributed by atoms with van der Waals surface area (Å²) in [5.41, 5.74) is 1.93. The average Bonchev–Trinajstić information content (AvgIpc) is 3.37. The van der Waals surface area contributed by atoms with E-state index < -0.39 is 5.41 Å². The molecule has 1 fully saturated rings. The minimum absolute atomic E-state index is 0.195. The lowest BCUT2D eigenvalue weighted by atomic mass is 10.0. The van der Waals surface area contributed by atoms with Crippen LogP contribution >= 0.6 is 11.6 Å². The van der Waals surface area contributed by atoms with E-state index in [-0.39, 0.29) is 11.8 Å². The van der Waals surface area contributed by atoms with Gasteiger partial charge in [-0.2, -0.15) is 0 Å². The molecule has 0 aromatic heterocycles. The van der Waals surface area contributed by atoms with E-state index in [4.69, 9.17) is 11.6 Å². The first kappa shape index (κ1) is 17.5. The SMILES string of the molecule is Cc1cccc(NC(=O)C2(C(=O)NCCc3cccc(Cl)c3)CC2)c1. The Bertz CT molecular complexity index is 800. The van der Waals surface area contributed by atoms with E-state index in [0.29, 0.717) is 30.8 Å². The zero-order chi connectivity index (χ0) is 17.9. The van der Waals surface area contributed by atoms with E-state index in [1.807, 2.05) is 55.5 Å². The zero-order valence-electron chi connectivity index (χ0n) is 14.1. The van der Waals surface area contributed by atoms with Gasteiger partial charge in [0.2, 0.25) is 11.8 Å². The number of halogens is 1. The van der Waals surface area contributed by atoms with Crippen molar-refractivity contribution in [2.24, 2.45) is 5.41 Å². The normalized spacial score (nSPS) is 14.6. The Hall–Kier alpha value is -2.33. The lowest BCUT2D eigenvalue weighted by molar-refractivity contribution is -0.134. The van der Waals surface area contributed by atoms with Crippen molar-refractivity contribution in [3.63, 3.8) is 0 Å². The summed E-state index contributed by atoms with van der Waals surface area (Å²) in [5.74, 6) is -0.418. The highest BCUT2D eigenvalue weighted by Gasteiger charge is 2.56. The molecule has 0 spiro atoms. The molecule has 4 nitrogen and oxygen atoms in total. The van der Waals surface area contributed by atoms with Crippen molar-refractivity contribution in [3.8, 4) is 0 Å². The van der Waals surface area contributed by atoms with E-state index in [9.17, 15) is 9.59 Å². The molecule has 2 aromatic carbocycles. The van der Waals surface area contributed by atoms with Gasteiger partial charge in [0, 0.05) is 17.3 Å². The lowest BCUT2D eigenvalue weighted by Gasteiger charge is -2.15. The largest absolute Gasteiger partial charge is 0.355 e. The lowest BCUT2D eigenvalue weighted by Crippen LogP contribution is -2.40. The second-order valence-corrected chi connectivity index (χ2v) is 6.98. The van der Waals surface area contributed by atoms with E-state index in [0.717, 1.165) is 16.8 Å². The van der Waals surface area contributed by atoms with Crippen LogP contribution in [0.1, 0.15) is 24.0 Å². The maximum Gasteiger partial charge on any atom is 0.240 e. The quantitative estimate of drug-likeness (QED) is 0.775. The van der Waals surface area contributed by atoms with Crippen molar-refractivity contribution in [2.45, 2.75) is 26.2 Å². The van der Waals surface area contributed by atoms with Crippen LogP contribution in [0.4, 0.5) is 5.69 Å². The first-order chi connectivity index (χ1) is 12.0. The molecule has 0 saturated heterocycles. The van der Waals surface area contributed by atoms with Crippen LogP contribution in [0.3, 0.4) is 0 Å². The molecule has 0 unspecified atom stereocenters. The average molecular weight is 357 g/mol. The Morgan fingerprint density at radius 2 is 1.84 bits per heavy atom. The molecule has 2 aromatic rings. The van der Waals surface area contributed by atoms with E-state index in [1.165, 1.54) is 0 Å². The summed E-state index contributed by atoms with van der Waals surface area (Å²) in [7, 11) is 0. The topological polar surface area (TPSA) is 58.2 Å². The van der Waals surface area contributed by atoms with E-state index in [2.05, 4.69) is 10.6 Å². The van der Waals surface area contributed by atoms with E-state index in [1.54, 1.807) is 0 Å². The van der Waals surface area contributed by atoms with Crippen LogP contribution in [0.2, 0.25) is 5.02 Å². The number of benzene rings is 2. The van der Waals surface area contributed by atoms with Crippen LogP contribution in [-0.2, 0) is 16.0 Å². The third kappa shape index (κ3) is 4.20. The number of anilines is 1. The zero-order valence-corrected chi connectivity index (χ0v) is 14.9. The molecule has 130 valence electrons. The fourth-order valence-electron chi connectivity index (χ4n) is 2.84. The number of nitrogens with one attached hydrogen (secondary N) is 2. The van der Waals surface area contributed by atoms with Crippen LogP contribution < -0.4 is 10.6 Å². The molecule has 0 atom stereocenters. The summed E-state index contributed by atoms with van der Waals surface area (Å²) in [4.78, 5) is 25.0. The van der Waals surface area contributed by atoms with Crippen LogP contribution in [-0.4, -0.2) is 18.4 Å². The van der Waals surface area contributed by atoms with Gasteiger partial charge in [0.1, 0.15) is 5.41 Å². The van der Waals surface area contributed by atoms with Gasteiger partial charge in [-0.05, 0) is 61.6 Å². The standard InChI is InChI=1S/C20H21ClN2O2/c1-14-4-2-7-17(12-14)23-19(25)20(9-10-20)18(24)22-11-8-15-5-3-6-16(21)13-15/h2-7,12-13H,8-11H2,1H3,(H,22,24)(H,23,25). The Morgan fingerprint density at radius 3 is 2.52 bits per heavy atom. The van der Waals surface area contributed by atoms with Gasteiger partial charge in [0.25, 0.3) is 0 Å². The van der Waals surface area contributed by atoms with Crippen molar-refractivity contribution >= 4 is 29.1 Å². The van der Waals surface area contributed by atoms with Gasteiger partial charge in [0.05, 0.1) is 0 Å². The van der Waals surface area contributed by atoms with Crippen LogP contribution in [0.15, 0.2) is 48.5 Å². The van der Waals surface area contributed by atoms with Crippen molar-refractivity contribution < 1.29 is 9.59 Å². The third-order valence-electron chi connectivity index (χ3n) is 4.48. The van der Waals surface area contributed by atoms with Crippen molar-refractivity contribution in [1.82, 2.24) is 5.32 Å². The smallest absolute Gasteiger partial charge is 0.240 e. The highest BCUT2D eigenvalue weighted by atomic mass is 35.5. The predicted octanol–water partition coefficient (Wildman–Crippen LogP) is 3.73. The number of hydrogen-bond donors (Lipinski definition) is 2. The molecule has 0 radical (unpaired) electrons. The molecule has 1 saturated carbocycles. The third-order valence-corrected chi connectivity index (χ3v) is 4.72. The van der Waals surface area contributed by atoms with Crippen molar-refractivity contribution in [3.05, 3.63) is 64.7 Å². The highest BCUT2D eigenvalue weighted by Crippen LogP contribution is 2.46. The predicted molar refractivity (Wildman–Crippen MR) is 99.6 cm³/mol. The minimum Gasteiger partial charge on any atom is -0.355 e. The minimum atomic E-state index is -0.919. The summed E-state index contributed by atoms with van der Waals surface area (Å²) in [6, 6.07) is 15.1. The molecule has 25 heavy (non-hydrogen) atoms. The van der Waals surface area contributed by atoms with Gasteiger partial charge in [-0.1, -0.05) is 35.9 Å². The fraction of sp³-hybridized carbons (Fsp3) is 0.300. The molecular formula is C20H21ClN2O2. The van der Waals surface area contributed by atoms with E-state index >= 15 is 0 Å². The Balaban J connectivity index is 1.55.